The second-order valence-electron chi connectivity index (χ2n) is 9.31. The number of carbonyl (C=O) groups excluding carboxylic acids is 1. The summed E-state index contributed by atoms with van der Waals surface area (Å²) in [6, 6.07) is 10.1. The molecule has 0 saturated heterocycles. The number of hydrogen-bond acceptors (Lipinski definition) is 4. The Bertz CT molecular complexity index is 1000. The average Bonchev–Trinajstić information content (AvgIpc) is 3.12. The number of thiophene rings is 1. The first kappa shape index (κ1) is 23.0. The predicted molar refractivity (Wildman–Crippen MR) is 123 cm³/mol. The quantitative estimate of drug-likeness (QED) is 0.689. The molecule has 0 radical (unpaired) electrons. The number of carbonyl (C=O) groups is 1. The molecule has 5 nitrogen and oxygen atoms in total. The number of nitrogens with zero attached hydrogens (tertiary/aromatic N) is 2. The fourth-order valence-corrected chi connectivity index (χ4v) is 6.03. The maximum atomic E-state index is 13.3. The van der Waals surface area contributed by atoms with Gasteiger partial charge in [0.1, 0.15) is 0 Å². The van der Waals surface area contributed by atoms with Crippen molar-refractivity contribution in [1.82, 2.24) is 9.21 Å². The molecule has 0 spiro atoms. The Morgan fingerprint density at radius 3 is 2.37 bits per heavy atom. The van der Waals surface area contributed by atoms with Crippen molar-refractivity contribution in [2.24, 2.45) is 0 Å². The van der Waals surface area contributed by atoms with Gasteiger partial charge in [0.2, 0.25) is 15.9 Å². The third kappa shape index (κ3) is 4.79. The highest BCUT2D eigenvalue weighted by Crippen LogP contribution is 2.38. The highest BCUT2D eigenvalue weighted by molar-refractivity contribution is 7.88. The van der Waals surface area contributed by atoms with Crippen LogP contribution < -0.4 is 0 Å². The lowest BCUT2D eigenvalue weighted by Gasteiger charge is -2.38. The van der Waals surface area contributed by atoms with Gasteiger partial charge in [0.05, 0.1) is 18.8 Å². The smallest absolute Gasteiger partial charge is 0.238 e. The molecule has 0 N–H and O–H groups in total. The Labute approximate surface area is 184 Å². The zero-order chi connectivity index (χ0) is 22.3. The topological polar surface area (TPSA) is 57.7 Å². The van der Waals surface area contributed by atoms with Crippen molar-refractivity contribution >= 4 is 27.3 Å². The number of rotatable bonds is 5. The third-order valence-corrected chi connectivity index (χ3v) is 8.07. The van der Waals surface area contributed by atoms with Crippen molar-refractivity contribution in [1.29, 1.82) is 0 Å². The van der Waals surface area contributed by atoms with E-state index in [1.807, 2.05) is 4.90 Å². The van der Waals surface area contributed by atoms with Crippen LogP contribution in [0.15, 0.2) is 35.7 Å². The zero-order valence-corrected chi connectivity index (χ0v) is 20.3. The van der Waals surface area contributed by atoms with Crippen molar-refractivity contribution in [3.05, 3.63) is 57.3 Å². The lowest BCUT2D eigenvalue weighted by molar-refractivity contribution is -0.133. The minimum atomic E-state index is -3.46. The molecular weight excluding hydrogens is 416 g/mol. The van der Waals surface area contributed by atoms with Crippen LogP contribution in [0.1, 0.15) is 62.2 Å². The summed E-state index contributed by atoms with van der Waals surface area (Å²) >= 11 is 1.72. The summed E-state index contributed by atoms with van der Waals surface area (Å²) in [4.78, 5) is 16.5. The lowest BCUT2D eigenvalue weighted by Crippen LogP contribution is -2.48. The fraction of sp³-hybridized carbons (Fsp3) is 0.522. The van der Waals surface area contributed by atoms with E-state index in [-0.39, 0.29) is 30.0 Å². The molecule has 30 heavy (non-hydrogen) atoms. The molecule has 0 saturated carbocycles. The van der Waals surface area contributed by atoms with Crippen molar-refractivity contribution < 1.29 is 13.2 Å². The van der Waals surface area contributed by atoms with Gasteiger partial charge in [-0.1, -0.05) is 45.0 Å². The van der Waals surface area contributed by atoms with Crippen LogP contribution in [0, 0.1) is 0 Å². The molecule has 0 bridgehead atoms. The van der Waals surface area contributed by atoms with E-state index in [0.29, 0.717) is 6.54 Å². The maximum absolute atomic E-state index is 13.3. The molecule has 1 aliphatic rings. The predicted octanol–water partition coefficient (Wildman–Crippen LogP) is 4.19. The van der Waals surface area contributed by atoms with Gasteiger partial charge in [-0.15, -0.1) is 11.3 Å². The highest BCUT2D eigenvalue weighted by Gasteiger charge is 2.35. The Hall–Kier alpha value is -1.70. The number of sulfonamides is 1. The highest BCUT2D eigenvalue weighted by atomic mass is 32.2. The molecule has 1 unspecified atom stereocenters. The fourth-order valence-electron chi connectivity index (χ4n) is 4.02. The first-order valence-corrected chi connectivity index (χ1v) is 13.1. The summed E-state index contributed by atoms with van der Waals surface area (Å²) in [7, 11) is -3.46. The standard InChI is InChI=1S/C23H32N2O3S2/c1-16(2)25(30(6,27)28)15-21(26)24-13-11-20-19(12-14-29-20)22(24)17-7-9-18(10-8-17)23(3,4)5/h7-10,12,14,16,22H,11,13,15H2,1-6H3. The largest absolute Gasteiger partial charge is 0.330 e. The molecule has 1 atom stereocenters. The van der Waals surface area contributed by atoms with Crippen LogP contribution in [0.4, 0.5) is 0 Å². The third-order valence-electron chi connectivity index (χ3n) is 5.67. The molecule has 7 heteroatoms. The lowest BCUT2D eigenvalue weighted by atomic mass is 9.85. The molecule has 2 heterocycles. The van der Waals surface area contributed by atoms with Gasteiger partial charge in [0, 0.05) is 17.5 Å². The Balaban J connectivity index is 1.96. The SMILES string of the molecule is CC(C)N(CC(=O)N1CCc2sccc2C1c1ccc(C(C)(C)C)cc1)S(C)(=O)=O. The summed E-state index contributed by atoms with van der Waals surface area (Å²) in [6.07, 6.45) is 1.96. The van der Waals surface area contributed by atoms with Gasteiger partial charge in [-0.25, -0.2) is 8.42 Å². The van der Waals surface area contributed by atoms with E-state index in [1.54, 1.807) is 25.2 Å². The van der Waals surface area contributed by atoms with Crippen LogP contribution in [-0.2, 0) is 26.7 Å². The molecule has 1 amide bonds. The van der Waals surface area contributed by atoms with Crippen LogP contribution in [0.3, 0.4) is 0 Å². The molecule has 1 aliphatic heterocycles. The summed E-state index contributed by atoms with van der Waals surface area (Å²) in [5, 5.41) is 2.08. The van der Waals surface area contributed by atoms with Crippen molar-refractivity contribution in [2.45, 2.75) is 58.5 Å². The summed E-state index contributed by atoms with van der Waals surface area (Å²) in [6.45, 7) is 10.6. The van der Waals surface area contributed by atoms with Crippen molar-refractivity contribution in [2.75, 3.05) is 19.3 Å². The Morgan fingerprint density at radius 1 is 1.20 bits per heavy atom. The maximum Gasteiger partial charge on any atom is 0.238 e. The van der Waals surface area contributed by atoms with E-state index in [9.17, 15) is 13.2 Å². The first-order chi connectivity index (χ1) is 13.9. The van der Waals surface area contributed by atoms with E-state index >= 15 is 0 Å². The van der Waals surface area contributed by atoms with Gasteiger partial charge in [0.15, 0.2) is 0 Å². The van der Waals surface area contributed by atoms with Crippen LogP contribution in [0.2, 0.25) is 0 Å². The number of benzene rings is 1. The van der Waals surface area contributed by atoms with Crippen LogP contribution in [0.5, 0.6) is 0 Å². The van der Waals surface area contributed by atoms with E-state index in [0.717, 1.165) is 23.8 Å². The van der Waals surface area contributed by atoms with Crippen LogP contribution in [-0.4, -0.2) is 48.9 Å². The van der Waals surface area contributed by atoms with E-state index < -0.39 is 10.0 Å². The Kier molecular flexibility index (Phi) is 6.46. The molecule has 0 fully saturated rings. The Morgan fingerprint density at radius 2 is 1.83 bits per heavy atom. The summed E-state index contributed by atoms with van der Waals surface area (Å²) in [5.41, 5.74) is 3.51. The molecule has 1 aromatic heterocycles. The molecular formula is C23H32N2O3S2. The van der Waals surface area contributed by atoms with Gasteiger partial charge < -0.3 is 4.90 Å². The van der Waals surface area contributed by atoms with Gasteiger partial charge in [-0.2, -0.15) is 4.31 Å². The van der Waals surface area contributed by atoms with Crippen molar-refractivity contribution in [3.8, 4) is 0 Å². The first-order valence-electron chi connectivity index (χ1n) is 10.3. The van der Waals surface area contributed by atoms with E-state index in [2.05, 4.69) is 56.5 Å². The minimum absolute atomic E-state index is 0.0569. The molecule has 1 aromatic carbocycles. The second-order valence-corrected chi connectivity index (χ2v) is 12.2. The zero-order valence-electron chi connectivity index (χ0n) is 18.7. The van der Waals surface area contributed by atoms with Gasteiger partial charge in [0.25, 0.3) is 0 Å². The van der Waals surface area contributed by atoms with Gasteiger partial charge in [-0.3, -0.25) is 4.79 Å². The van der Waals surface area contributed by atoms with Crippen molar-refractivity contribution in [3.63, 3.8) is 0 Å². The summed E-state index contributed by atoms with van der Waals surface area (Å²) in [5.74, 6) is -0.157. The normalized spacial score (nSPS) is 17.5. The monoisotopic (exact) mass is 448 g/mol. The van der Waals surface area contributed by atoms with Crippen LogP contribution in [0.25, 0.3) is 0 Å². The minimum Gasteiger partial charge on any atom is -0.330 e. The summed E-state index contributed by atoms with van der Waals surface area (Å²) < 4.78 is 25.7. The number of amides is 1. The van der Waals surface area contributed by atoms with Gasteiger partial charge >= 0.3 is 0 Å². The second kappa shape index (κ2) is 8.44. The number of hydrogen-bond donors (Lipinski definition) is 0. The molecule has 2 aromatic rings. The van der Waals surface area contributed by atoms with Crippen LogP contribution >= 0.6 is 11.3 Å². The molecule has 3 rings (SSSR count). The number of fused-ring (bicyclic) bond motifs is 1. The van der Waals surface area contributed by atoms with E-state index in [4.69, 9.17) is 0 Å². The molecule has 0 aliphatic carbocycles. The van der Waals surface area contributed by atoms with Gasteiger partial charge in [-0.05, 0) is 53.8 Å². The molecule has 164 valence electrons. The van der Waals surface area contributed by atoms with E-state index in [1.165, 1.54) is 14.7 Å². The average molecular weight is 449 g/mol.